The molecule has 7 heteroatoms. The average Bonchev–Trinajstić information content (AvgIpc) is 2.25. The van der Waals surface area contributed by atoms with Crippen LogP contribution in [0.1, 0.15) is 13.3 Å². The van der Waals surface area contributed by atoms with Gasteiger partial charge in [0.2, 0.25) is 0 Å². The first-order valence-electron chi connectivity index (χ1n) is 5.24. The van der Waals surface area contributed by atoms with Crippen molar-refractivity contribution in [1.29, 1.82) is 0 Å². The minimum absolute atomic E-state index is 0.0633. The van der Waals surface area contributed by atoms with Crippen molar-refractivity contribution in [1.82, 2.24) is 0 Å². The van der Waals surface area contributed by atoms with Crippen LogP contribution in [0.25, 0.3) is 0 Å². The van der Waals surface area contributed by atoms with Gasteiger partial charge in [-0.15, -0.1) is 0 Å². The van der Waals surface area contributed by atoms with Gasteiger partial charge in [-0.3, -0.25) is 0 Å². The van der Waals surface area contributed by atoms with E-state index in [1.54, 1.807) is 6.92 Å². The second-order valence-electron chi connectivity index (χ2n) is 3.86. The number of nitrogens with one attached hydrogen (secondary N) is 1. The molecule has 0 heterocycles. The first kappa shape index (κ1) is 14.4. The zero-order valence-corrected chi connectivity index (χ0v) is 10.8. The molecule has 0 aliphatic rings. The van der Waals surface area contributed by atoms with E-state index in [1.807, 2.05) is 0 Å². The minimum atomic E-state index is -3.46. The van der Waals surface area contributed by atoms with Crippen LogP contribution in [-0.2, 0) is 14.6 Å². The van der Waals surface area contributed by atoms with Gasteiger partial charge in [0.05, 0.1) is 10.6 Å². The molecule has 0 aliphatic carbocycles. The van der Waals surface area contributed by atoms with Gasteiger partial charge in [0.1, 0.15) is 11.9 Å². The number of rotatable bonds is 5. The summed E-state index contributed by atoms with van der Waals surface area (Å²) < 4.78 is 36.1. The number of benzene rings is 1. The number of carboxylic acid groups (broad SMARTS) is 1. The Balaban J connectivity index is 3.12. The van der Waals surface area contributed by atoms with Crippen molar-refractivity contribution in [2.75, 3.05) is 11.6 Å². The second kappa shape index (κ2) is 5.34. The normalized spacial score (nSPS) is 13.1. The fourth-order valence-electron chi connectivity index (χ4n) is 1.37. The SMILES string of the molecule is CCC(Nc1cc(S(C)(=O)=O)ccc1F)C(=O)O. The van der Waals surface area contributed by atoms with E-state index in [9.17, 15) is 17.6 Å². The highest BCUT2D eigenvalue weighted by Gasteiger charge is 2.18. The highest BCUT2D eigenvalue weighted by molar-refractivity contribution is 7.90. The summed E-state index contributed by atoms with van der Waals surface area (Å²) in [4.78, 5) is 10.8. The second-order valence-corrected chi connectivity index (χ2v) is 5.87. The molecule has 0 bridgehead atoms. The van der Waals surface area contributed by atoms with Gasteiger partial charge in [-0.05, 0) is 24.6 Å². The fraction of sp³-hybridized carbons (Fsp3) is 0.364. The molecule has 0 aliphatic heterocycles. The maximum absolute atomic E-state index is 13.5. The Bertz CT molecular complexity index is 556. The molecular weight excluding hydrogens is 261 g/mol. The van der Waals surface area contributed by atoms with Crippen molar-refractivity contribution in [3.8, 4) is 0 Å². The van der Waals surface area contributed by atoms with Crippen molar-refractivity contribution in [3.05, 3.63) is 24.0 Å². The summed E-state index contributed by atoms with van der Waals surface area (Å²) in [5.74, 6) is -1.82. The summed E-state index contributed by atoms with van der Waals surface area (Å²) in [5.41, 5.74) is -0.132. The maximum Gasteiger partial charge on any atom is 0.326 e. The fourth-order valence-corrected chi connectivity index (χ4v) is 2.02. The number of halogens is 1. The third kappa shape index (κ3) is 3.43. The van der Waals surface area contributed by atoms with Crippen LogP contribution < -0.4 is 5.32 Å². The van der Waals surface area contributed by atoms with Gasteiger partial charge in [-0.2, -0.15) is 0 Å². The van der Waals surface area contributed by atoms with Crippen molar-refractivity contribution in [3.63, 3.8) is 0 Å². The van der Waals surface area contributed by atoms with Crippen LogP contribution in [0.3, 0.4) is 0 Å². The lowest BCUT2D eigenvalue weighted by Crippen LogP contribution is -2.28. The summed E-state index contributed by atoms with van der Waals surface area (Å²) >= 11 is 0. The van der Waals surface area contributed by atoms with E-state index >= 15 is 0 Å². The Labute approximate surface area is 105 Å². The van der Waals surface area contributed by atoms with Gasteiger partial charge < -0.3 is 10.4 Å². The summed E-state index contributed by atoms with van der Waals surface area (Å²) in [7, 11) is -3.46. The van der Waals surface area contributed by atoms with E-state index in [1.165, 1.54) is 0 Å². The van der Waals surface area contributed by atoms with Crippen molar-refractivity contribution in [2.45, 2.75) is 24.3 Å². The third-order valence-electron chi connectivity index (χ3n) is 2.40. The summed E-state index contributed by atoms with van der Waals surface area (Å²) in [6.45, 7) is 1.63. The molecule has 18 heavy (non-hydrogen) atoms. The van der Waals surface area contributed by atoms with Crippen LogP contribution in [0, 0.1) is 5.82 Å². The molecule has 0 spiro atoms. The van der Waals surface area contributed by atoms with Crippen LogP contribution in [-0.4, -0.2) is 31.8 Å². The lowest BCUT2D eigenvalue weighted by molar-refractivity contribution is -0.137. The van der Waals surface area contributed by atoms with Crippen LogP contribution >= 0.6 is 0 Å². The van der Waals surface area contributed by atoms with Gasteiger partial charge >= 0.3 is 5.97 Å². The molecule has 5 nitrogen and oxygen atoms in total. The molecule has 1 unspecified atom stereocenters. The standard InChI is InChI=1S/C11H14FNO4S/c1-3-9(11(14)15)13-10-6-7(18(2,16)17)4-5-8(10)12/h4-6,9,13H,3H2,1-2H3,(H,14,15). The Hall–Kier alpha value is -1.63. The number of hydrogen-bond acceptors (Lipinski definition) is 4. The van der Waals surface area contributed by atoms with E-state index in [2.05, 4.69) is 5.32 Å². The molecule has 1 aromatic carbocycles. The average molecular weight is 275 g/mol. The van der Waals surface area contributed by atoms with Crippen LogP contribution in [0.5, 0.6) is 0 Å². The molecule has 1 rings (SSSR count). The summed E-state index contributed by atoms with van der Waals surface area (Å²) in [6.07, 6.45) is 1.25. The highest BCUT2D eigenvalue weighted by atomic mass is 32.2. The molecule has 0 radical (unpaired) electrons. The van der Waals surface area contributed by atoms with Crippen molar-refractivity contribution < 1.29 is 22.7 Å². The molecule has 0 saturated carbocycles. The molecular formula is C11H14FNO4S. The molecule has 100 valence electrons. The first-order chi connectivity index (χ1) is 8.25. The Morgan fingerprint density at radius 1 is 1.50 bits per heavy atom. The lowest BCUT2D eigenvalue weighted by Gasteiger charge is -2.14. The number of carbonyl (C=O) groups is 1. The number of sulfone groups is 1. The van der Waals surface area contributed by atoms with Crippen molar-refractivity contribution >= 4 is 21.5 Å². The van der Waals surface area contributed by atoms with Gasteiger partial charge in [-0.1, -0.05) is 6.92 Å². The topological polar surface area (TPSA) is 83.5 Å². The smallest absolute Gasteiger partial charge is 0.326 e. The van der Waals surface area contributed by atoms with Crippen molar-refractivity contribution in [2.24, 2.45) is 0 Å². The molecule has 0 saturated heterocycles. The lowest BCUT2D eigenvalue weighted by atomic mass is 10.2. The third-order valence-corrected chi connectivity index (χ3v) is 3.51. The molecule has 0 fully saturated rings. The van der Waals surface area contributed by atoms with Gasteiger partial charge in [0.15, 0.2) is 9.84 Å². The predicted molar refractivity (Wildman–Crippen MR) is 64.8 cm³/mol. The zero-order valence-electron chi connectivity index (χ0n) is 9.97. The van der Waals surface area contributed by atoms with E-state index < -0.39 is 27.7 Å². The van der Waals surface area contributed by atoms with Crippen LogP contribution in [0.15, 0.2) is 23.1 Å². The van der Waals surface area contributed by atoms with Crippen LogP contribution in [0.2, 0.25) is 0 Å². The number of anilines is 1. The minimum Gasteiger partial charge on any atom is -0.480 e. The first-order valence-corrected chi connectivity index (χ1v) is 7.13. The number of carboxylic acids is 1. The van der Waals surface area contributed by atoms with Crippen LogP contribution in [0.4, 0.5) is 10.1 Å². The van der Waals surface area contributed by atoms with Gasteiger partial charge in [0.25, 0.3) is 0 Å². The molecule has 2 N–H and O–H groups in total. The Kier molecular flexibility index (Phi) is 4.28. The van der Waals surface area contributed by atoms with E-state index in [0.29, 0.717) is 0 Å². The van der Waals surface area contributed by atoms with E-state index in [0.717, 1.165) is 24.5 Å². The number of hydrogen-bond donors (Lipinski definition) is 2. The predicted octanol–water partition coefficient (Wildman–Crippen LogP) is 1.50. The number of aliphatic carboxylic acids is 1. The Morgan fingerprint density at radius 3 is 2.56 bits per heavy atom. The molecule has 1 aromatic rings. The maximum atomic E-state index is 13.5. The monoisotopic (exact) mass is 275 g/mol. The molecule has 1 atom stereocenters. The van der Waals surface area contributed by atoms with Gasteiger partial charge in [0, 0.05) is 6.26 Å². The quantitative estimate of drug-likeness (QED) is 0.796. The summed E-state index contributed by atoms with van der Waals surface area (Å²) in [5, 5.41) is 11.3. The molecule has 0 aromatic heterocycles. The van der Waals surface area contributed by atoms with Gasteiger partial charge in [-0.25, -0.2) is 17.6 Å². The zero-order chi connectivity index (χ0) is 13.9. The Morgan fingerprint density at radius 2 is 2.11 bits per heavy atom. The van der Waals surface area contributed by atoms with E-state index in [-0.39, 0.29) is 17.0 Å². The van der Waals surface area contributed by atoms with E-state index in [4.69, 9.17) is 5.11 Å². The highest BCUT2D eigenvalue weighted by Crippen LogP contribution is 2.20. The summed E-state index contributed by atoms with van der Waals surface area (Å²) in [6, 6.07) is 2.26. The molecule has 0 amide bonds. The largest absolute Gasteiger partial charge is 0.480 e.